The van der Waals surface area contributed by atoms with Gasteiger partial charge in [-0.2, -0.15) is 5.10 Å². The number of benzene rings is 1. The first-order chi connectivity index (χ1) is 9.01. The van der Waals surface area contributed by atoms with Gasteiger partial charge in [0.25, 0.3) is 5.91 Å². The van der Waals surface area contributed by atoms with Crippen molar-refractivity contribution in [2.75, 3.05) is 5.32 Å². The fraction of sp³-hybridized carbons (Fsp3) is 0.231. The molecule has 19 heavy (non-hydrogen) atoms. The monoisotopic (exact) mass is 281 g/mol. The van der Waals surface area contributed by atoms with E-state index in [2.05, 4.69) is 10.4 Å². The van der Waals surface area contributed by atoms with Gasteiger partial charge in [0, 0.05) is 18.3 Å². The molecule has 0 saturated heterocycles. The number of halogens is 2. The molecular formula is C13H13ClFN3O. The molecule has 1 aromatic carbocycles. The van der Waals surface area contributed by atoms with Gasteiger partial charge in [0.05, 0.1) is 16.9 Å². The summed E-state index contributed by atoms with van der Waals surface area (Å²) in [7, 11) is 1.76. The molecule has 0 saturated carbocycles. The van der Waals surface area contributed by atoms with Crippen LogP contribution in [0, 0.1) is 5.82 Å². The Morgan fingerprint density at radius 1 is 1.53 bits per heavy atom. The lowest BCUT2D eigenvalue weighted by Crippen LogP contribution is -2.14. The van der Waals surface area contributed by atoms with Gasteiger partial charge >= 0.3 is 0 Å². The standard InChI is InChI=1S/C13H13ClFN3O/c1-3-11-12(7-18(2)17-11)16-13(19)9-6-8(14)4-5-10(9)15/h4-7H,3H2,1-2H3,(H,16,19). The van der Waals surface area contributed by atoms with Gasteiger partial charge in [0.1, 0.15) is 5.82 Å². The molecule has 0 atom stereocenters. The van der Waals surface area contributed by atoms with Crippen LogP contribution in [0.3, 0.4) is 0 Å². The first-order valence-corrected chi connectivity index (χ1v) is 6.18. The second-order valence-corrected chi connectivity index (χ2v) is 4.53. The molecule has 4 nitrogen and oxygen atoms in total. The number of aryl methyl sites for hydroxylation is 2. The number of amides is 1. The van der Waals surface area contributed by atoms with Crippen molar-refractivity contribution < 1.29 is 9.18 Å². The van der Waals surface area contributed by atoms with Gasteiger partial charge in [-0.25, -0.2) is 4.39 Å². The Labute approximate surface area is 115 Å². The van der Waals surface area contributed by atoms with E-state index in [1.165, 1.54) is 18.2 Å². The van der Waals surface area contributed by atoms with Gasteiger partial charge in [-0.15, -0.1) is 0 Å². The number of carbonyl (C=O) groups excluding carboxylic acids is 1. The molecule has 1 amide bonds. The van der Waals surface area contributed by atoms with E-state index in [4.69, 9.17) is 11.6 Å². The van der Waals surface area contributed by atoms with Gasteiger partial charge in [-0.1, -0.05) is 18.5 Å². The number of carbonyl (C=O) groups is 1. The zero-order chi connectivity index (χ0) is 14.0. The molecule has 0 radical (unpaired) electrons. The topological polar surface area (TPSA) is 46.9 Å². The van der Waals surface area contributed by atoms with Crippen molar-refractivity contribution in [2.24, 2.45) is 7.05 Å². The molecular weight excluding hydrogens is 269 g/mol. The third-order valence-corrected chi connectivity index (χ3v) is 2.90. The number of hydrogen-bond donors (Lipinski definition) is 1. The van der Waals surface area contributed by atoms with E-state index in [0.717, 1.165) is 5.69 Å². The van der Waals surface area contributed by atoms with Crippen LogP contribution < -0.4 is 5.32 Å². The maximum absolute atomic E-state index is 13.6. The smallest absolute Gasteiger partial charge is 0.258 e. The van der Waals surface area contributed by atoms with Gasteiger partial charge in [-0.05, 0) is 24.6 Å². The van der Waals surface area contributed by atoms with Gasteiger partial charge < -0.3 is 5.32 Å². The molecule has 0 fully saturated rings. The quantitative estimate of drug-likeness (QED) is 0.940. The predicted molar refractivity (Wildman–Crippen MR) is 71.9 cm³/mol. The third kappa shape index (κ3) is 2.93. The number of rotatable bonds is 3. The van der Waals surface area contributed by atoms with Crippen molar-refractivity contribution in [1.82, 2.24) is 9.78 Å². The second-order valence-electron chi connectivity index (χ2n) is 4.09. The van der Waals surface area contributed by atoms with Crippen molar-refractivity contribution >= 4 is 23.2 Å². The van der Waals surface area contributed by atoms with Crippen LogP contribution in [0.25, 0.3) is 0 Å². The second kappa shape index (κ2) is 5.40. The van der Waals surface area contributed by atoms with E-state index in [1.54, 1.807) is 17.9 Å². The Hall–Kier alpha value is -1.88. The highest BCUT2D eigenvalue weighted by Crippen LogP contribution is 2.18. The predicted octanol–water partition coefficient (Wildman–Crippen LogP) is 3.03. The Balaban J connectivity index is 2.27. The van der Waals surface area contributed by atoms with Gasteiger partial charge in [0.15, 0.2) is 0 Å². The summed E-state index contributed by atoms with van der Waals surface area (Å²) in [5, 5.41) is 7.16. The summed E-state index contributed by atoms with van der Waals surface area (Å²) in [5.74, 6) is -1.15. The number of aromatic nitrogens is 2. The van der Waals surface area contributed by atoms with Crippen LogP contribution in [0.15, 0.2) is 24.4 Å². The summed E-state index contributed by atoms with van der Waals surface area (Å²) in [5.41, 5.74) is 1.24. The lowest BCUT2D eigenvalue weighted by Gasteiger charge is -2.05. The SMILES string of the molecule is CCc1nn(C)cc1NC(=O)c1cc(Cl)ccc1F. The Kier molecular flexibility index (Phi) is 3.85. The highest BCUT2D eigenvalue weighted by Gasteiger charge is 2.15. The van der Waals surface area contributed by atoms with E-state index in [-0.39, 0.29) is 5.56 Å². The van der Waals surface area contributed by atoms with Crippen LogP contribution in [0.5, 0.6) is 0 Å². The highest BCUT2D eigenvalue weighted by atomic mass is 35.5. The summed E-state index contributed by atoms with van der Waals surface area (Å²) in [6.07, 6.45) is 2.35. The zero-order valence-electron chi connectivity index (χ0n) is 10.6. The number of hydrogen-bond acceptors (Lipinski definition) is 2. The average Bonchev–Trinajstić information content (AvgIpc) is 2.72. The lowest BCUT2D eigenvalue weighted by atomic mass is 10.2. The molecule has 0 aliphatic heterocycles. The van der Waals surface area contributed by atoms with Gasteiger partial charge in [0.2, 0.25) is 0 Å². The summed E-state index contributed by atoms with van der Waals surface area (Å²) >= 11 is 5.76. The van der Waals surface area contributed by atoms with E-state index < -0.39 is 11.7 Å². The molecule has 1 aromatic heterocycles. The molecule has 0 unspecified atom stereocenters. The van der Waals surface area contributed by atoms with Crippen LogP contribution in [-0.4, -0.2) is 15.7 Å². The summed E-state index contributed by atoms with van der Waals surface area (Å²) in [6, 6.07) is 3.87. The molecule has 0 aliphatic rings. The maximum atomic E-state index is 13.6. The summed E-state index contributed by atoms with van der Waals surface area (Å²) in [4.78, 5) is 12.0. The van der Waals surface area contributed by atoms with Crippen molar-refractivity contribution in [3.63, 3.8) is 0 Å². The number of nitrogens with zero attached hydrogens (tertiary/aromatic N) is 2. The number of anilines is 1. The molecule has 0 aliphatic carbocycles. The van der Waals surface area contributed by atoms with Crippen LogP contribution in [0.2, 0.25) is 5.02 Å². The maximum Gasteiger partial charge on any atom is 0.258 e. The van der Waals surface area contributed by atoms with E-state index in [1.807, 2.05) is 6.92 Å². The lowest BCUT2D eigenvalue weighted by molar-refractivity contribution is 0.102. The largest absolute Gasteiger partial charge is 0.319 e. The van der Waals surface area contributed by atoms with Crippen LogP contribution >= 0.6 is 11.6 Å². The highest BCUT2D eigenvalue weighted by molar-refractivity contribution is 6.31. The zero-order valence-corrected chi connectivity index (χ0v) is 11.3. The molecule has 0 bridgehead atoms. The van der Waals surface area contributed by atoms with Crippen molar-refractivity contribution in [1.29, 1.82) is 0 Å². The van der Waals surface area contributed by atoms with Crippen LogP contribution in [0.1, 0.15) is 23.0 Å². The first-order valence-electron chi connectivity index (χ1n) is 5.80. The normalized spacial score (nSPS) is 10.5. The minimum Gasteiger partial charge on any atom is -0.319 e. The minimum absolute atomic E-state index is 0.0848. The Morgan fingerprint density at radius 3 is 2.95 bits per heavy atom. The first kappa shape index (κ1) is 13.5. The summed E-state index contributed by atoms with van der Waals surface area (Å²) in [6.45, 7) is 1.93. The third-order valence-electron chi connectivity index (χ3n) is 2.66. The molecule has 1 N–H and O–H groups in total. The Bertz CT molecular complexity index is 624. The Morgan fingerprint density at radius 2 is 2.26 bits per heavy atom. The molecule has 1 heterocycles. The molecule has 100 valence electrons. The fourth-order valence-electron chi connectivity index (χ4n) is 1.76. The van der Waals surface area contributed by atoms with Crippen molar-refractivity contribution in [2.45, 2.75) is 13.3 Å². The van der Waals surface area contributed by atoms with Crippen LogP contribution in [0.4, 0.5) is 10.1 Å². The summed E-state index contributed by atoms with van der Waals surface area (Å²) < 4.78 is 15.2. The van der Waals surface area contributed by atoms with E-state index >= 15 is 0 Å². The van der Waals surface area contributed by atoms with Gasteiger partial charge in [-0.3, -0.25) is 9.48 Å². The molecule has 0 spiro atoms. The van der Waals surface area contributed by atoms with E-state index in [0.29, 0.717) is 17.1 Å². The van der Waals surface area contributed by atoms with Crippen LogP contribution in [-0.2, 0) is 13.5 Å². The fourth-order valence-corrected chi connectivity index (χ4v) is 1.93. The average molecular weight is 282 g/mol. The van der Waals surface area contributed by atoms with Crippen molar-refractivity contribution in [3.8, 4) is 0 Å². The molecule has 6 heteroatoms. The molecule has 2 rings (SSSR count). The van der Waals surface area contributed by atoms with E-state index in [9.17, 15) is 9.18 Å². The van der Waals surface area contributed by atoms with Crippen molar-refractivity contribution in [3.05, 3.63) is 46.5 Å². The number of nitrogens with one attached hydrogen (secondary N) is 1. The molecule has 2 aromatic rings. The minimum atomic E-state index is -0.608.